The molecule has 0 spiro atoms. The fourth-order valence-electron chi connectivity index (χ4n) is 2.59. The van der Waals surface area contributed by atoms with Crippen LogP contribution >= 0.6 is 11.8 Å². The van der Waals surface area contributed by atoms with Crippen LogP contribution in [0.2, 0.25) is 0 Å². The average molecular weight is 380 g/mol. The maximum atomic E-state index is 4.42. The van der Waals surface area contributed by atoms with Crippen molar-refractivity contribution in [3.63, 3.8) is 0 Å². The minimum absolute atomic E-state index is 0.437. The van der Waals surface area contributed by atoms with E-state index in [1.165, 1.54) is 4.90 Å². The van der Waals surface area contributed by atoms with Crippen LogP contribution in [0.5, 0.6) is 0 Å². The molecule has 0 aliphatic rings. The molecule has 0 fully saturated rings. The van der Waals surface area contributed by atoms with Crippen LogP contribution in [0, 0.1) is 0 Å². The molecule has 3 aromatic rings. The van der Waals surface area contributed by atoms with Crippen LogP contribution in [0.4, 0.5) is 0 Å². The van der Waals surface area contributed by atoms with Crippen molar-refractivity contribution in [3.8, 4) is 5.69 Å². The van der Waals surface area contributed by atoms with Crippen molar-refractivity contribution in [2.45, 2.75) is 23.6 Å². The van der Waals surface area contributed by atoms with Gasteiger partial charge in [0.2, 0.25) is 0 Å². The molecule has 0 amide bonds. The number of hydrogen-bond donors (Lipinski definition) is 2. The molecular formula is C21H25N5S. The maximum absolute atomic E-state index is 4.42. The predicted molar refractivity (Wildman–Crippen MR) is 114 cm³/mol. The van der Waals surface area contributed by atoms with E-state index >= 15 is 0 Å². The minimum atomic E-state index is 0.437. The lowest BCUT2D eigenvalue weighted by Crippen LogP contribution is -2.39. The molecule has 0 radical (unpaired) electrons. The Hall–Kier alpha value is -2.73. The Balaban J connectivity index is 1.46. The quantitative estimate of drug-likeness (QED) is 0.373. The van der Waals surface area contributed by atoms with E-state index in [0.29, 0.717) is 11.8 Å². The van der Waals surface area contributed by atoms with Gasteiger partial charge in [-0.25, -0.2) is 4.68 Å². The Labute approximate surface area is 164 Å². The zero-order valence-electron chi connectivity index (χ0n) is 15.7. The molecule has 2 N–H and O–H groups in total. The number of nitrogens with zero attached hydrogens (tertiary/aromatic N) is 3. The second-order valence-corrected chi connectivity index (χ2v) is 7.69. The van der Waals surface area contributed by atoms with Gasteiger partial charge < -0.3 is 10.6 Å². The van der Waals surface area contributed by atoms with E-state index in [0.717, 1.165) is 23.8 Å². The number of rotatable bonds is 7. The monoisotopic (exact) mass is 379 g/mol. The molecule has 3 rings (SSSR count). The smallest absolute Gasteiger partial charge is 0.191 e. The normalized spacial score (nSPS) is 12.6. The van der Waals surface area contributed by atoms with Gasteiger partial charge in [0.25, 0.3) is 0 Å². The van der Waals surface area contributed by atoms with E-state index in [9.17, 15) is 0 Å². The molecule has 0 saturated heterocycles. The summed E-state index contributed by atoms with van der Waals surface area (Å²) >= 11 is 1.85. The highest BCUT2D eigenvalue weighted by atomic mass is 32.2. The molecule has 1 atom stereocenters. The number of hydrogen-bond acceptors (Lipinski definition) is 3. The van der Waals surface area contributed by atoms with E-state index in [1.807, 2.05) is 65.2 Å². The van der Waals surface area contributed by atoms with Gasteiger partial charge in [-0.3, -0.25) is 4.99 Å². The van der Waals surface area contributed by atoms with Crippen molar-refractivity contribution in [1.29, 1.82) is 0 Å². The fraction of sp³-hybridized carbons (Fsp3) is 0.238. The molecule has 0 bridgehead atoms. The van der Waals surface area contributed by atoms with Crippen LogP contribution in [-0.2, 0) is 6.54 Å². The number of aliphatic imine (C=N–C) groups is 1. The molecule has 6 heteroatoms. The summed E-state index contributed by atoms with van der Waals surface area (Å²) in [4.78, 5) is 5.59. The van der Waals surface area contributed by atoms with Crippen LogP contribution < -0.4 is 10.6 Å². The lowest BCUT2D eigenvalue weighted by molar-refractivity contribution is 0.790. The van der Waals surface area contributed by atoms with Gasteiger partial charge in [0, 0.05) is 42.0 Å². The number of thioether (sulfide) groups is 1. The third-order valence-electron chi connectivity index (χ3n) is 3.98. The van der Waals surface area contributed by atoms with Gasteiger partial charge in [0.15, 0.2) is 5.96 Å². The van der Waals surface area contributed by atoms with Gasteiger partial charge in [-0.2, -0.15) is 5.10 Å². The lowest BCUT2D eigenvalue weighted by Gasteiger charge is -2.15. The first-order valence-electron chi connectivity index (χ1n) is 9.00. The van der Waals surface area contributed by atoms with Crippen molar-refractivity contribution >= 4 is 17.7 Å². The van der Waals surface area contributed by atoms with Gasteiger partial charge >= 0.3 is 0 Å². The van der Waals surface area contributed by atoms with Crippen molar-refractivity contribution in [2.75, 3.05) is 13.6 Å². The maximum Gasteiger partial charge on any atom is 0.191 e. The summed E-state index contributed by atoms with van der Waals surface area (Å²) in [5.41, 5.74) is 2.16. The number of guanidine groups is 1. The largest absolute Gasteiger partial charge is 0.355 e. The molecule has 2 aromatic carbocycles. The summed E-state index contributed by atoms with van der Waals surface area (Å²) < 4.78 is 1.88. The van der Waals surface area contributed by atoms with Crippen molar-refractivity contribution in [1.82, 2.24) is 20.4 Å². The SMILES string of the molecule is CN=C(NCc1cnn(-c2ccccc2)c1)NCC(C)Sc1ccccc1. The molecule has 0 saturated carbocycles. The van der Waals surface area contributed by atoms with Gasteiger partial charge in [-0.05, 0) is 24.3 Å². The molecule has 1 unspecified atom stereocenters. The van der Waals surface area contributed by atoms with Gasteiger partial charge in [-0.1, -0.05) is 43.3 Å². The molecule has 140 valence electrons. The van der Waals surface area contributed by atoms with E-state index in [1.54, 1.807) is 7.05 Å². The van der Waals surface area contributed by atoms with Crippen molar-refractivity contribution in [2.24, 2.45) is 4.99 Å². The highest BCUT2D eigenvalue weighted by molar-refractivity contribution is 8.00. The van der Waals surface area contributed by atoms with Crippen molar-refractivity contribution < 1.29 is 0 Å². The first-order valence-corrected chi connectivity index (χ1v) is 9.88. The molecule has 1 aromatic heterocycles. The zero-order valence-corrected chi connectivity index (χ0v) is 16.5. The van der Waals surface area contributed by atoms with Gasteiger partial charge in [-0.15, -0.1) is 11.8 Å². The molecule has 5 nitrogen and oxygen atoms in total. The fourth-order valence-corrected chi connectivity index (χ4v) is 3.54. The van der Waals surface area contributed by atoms with Crippen LogP contribution in [0.3, 0.4) is 0 Å². The Morgan fingerprint density at radius 1 is 1.07 bits per heavy atom. The summed E-state index contributed by atoms with van der Waals surface area (Å²) in [5.74, 6) is 0.794. The van der Waals surface area contributed by atoms with Crippen LogP contribution in [0.25, 0.3) is 5.69 Å². The van der Waals surface area contributed by atoms with E-state index < -0.39 is 0 Å². The summed E-state index contributed by atoms with van der Waals surface area (Å²) in [7, 11) is 1.79. The standard InChI is InChI=1S/C21H25N5S/c1-17(27-20-11-7-4-8-12-20)13-23-21(22-2)24-14-18-15-25-26(16-18)19-9-5-3-6-10-19/h3-12,15-17H,13-14H2,1-2H3,(H2,22,23,24). The van der Waals surface area contributed by atoms with Gasteiger partial charge in [0.05, 0.1) is 11.9 Å². The number of benzene rings is 2. The van der Waals surface area contributed by atoms with E-state index in [-0.39, 0.29) is 0 Å². The molecule has 27 heavy (non-hydrogen) atoms. The van der Waals surface area contributed by atoms with Crippen LogP contribution in [-0.4, -0.2) is 34.6 Å². The molecular weight excluding hydrogens is 354 g/mol. The van der Waals surface area contributed by atoms with Crippen LogP contribution in [0.15, 0.2) is 82.9 Å². The number of nitrogens with one attached hydrogen (secondary N) is 2. The highest BCUT2D eigenvalue weighted by Gasteiger charge is 2.07. The van der Waals surface area contributed by atoms with E-state index in [4.69, 9.17) is 0 Å². The Morgan fingerprint density at radius 2 is 1.78 bits per heavy atom. The zero-order chi connectivity index (χ0) is 18.9. The first-order chi connectivity index (χ1) is 13.2. The topological polar surface area (TPSA) is 54.2 Å². The summed E-state index contributed by atoms with van der Waals surface area (Å²) in [6.07, 6.45) is 3.91. The molecule has 1 heterocycles. The third kappa shape index (κ3) is 5.89. The second-order valence-electron chi connectivity index (χ2n) is 6.18. The lowest BCUT2D eigenvalue weighted by atomic mass is 10.3. The number of aromatic nitrogens is 2. The third-order valence-corrected chi connectivity index (χ3v) is 5.09. The Morgan fingerprint density at radius 3 is 2.48 bits per heavy atom. The Kier molecular flexibility index (Phi) is 6.93. The Bertz CT molecular complexity index is 845. The second kappa shape index (κ2) is 9.83. The van der Waals surface area contributed by atoms with E-state index in [2.05, 4.69) is 51.9 Å². The van der Waals surface area contributed by atoms with Gasteiger partial charge in [0.1, 0.15) is 0 Å². The summed E-state index contributed by atoms with van der Waals surface area (Å²) in [6, 6.07) is 20.5. The average Bonchev–Trinajstić information content (AvgIpc) is 3.19. The summed E-state index contributed by atoms with van der Waals surface area (Å²) in [6.45, 7) is 3.72. The highest BCUT2D eigenvalue weighted by Crippen LogP contribution is 2.21. The summed E-state index contributed by atoms with van der Waals surface area (Å²) in [5, 5.41) is 11.6. The first kappa shape index (κ1) is 19.0. The van der Waals surface area contributed by atoms with Crippen molar-refractivity contribution in [3.05, 3.63) is 78.6 Å². The predicted octanol–water partition coefficient (Wildman–Crippen LogP) is 3.72. The molecule has 0 aliphatic heterocycles. The molecule has 0 aliphatic carbocycles. The minimum Gasteiger partial charge on any atom is -0.355 e. The number of para-hydroxylation sites is 1. The van der Waals surface area contributed by atoms with Crippen LogP contribution in [0.1, 0.15) is 12.5 Å².